The molecule has 2 aromatic carbocycles. The zero-order valence-corrected chi connectivity index (χ0v) is 24.3. The van der Waals surface area contributed by atoms with Crippen LogP contribution >= 0.6 is 0 Å². The zero-order chi connectivity index (χ0) is 30.1. The van der Waals surface area contributed by atoms with Crippen LogP contribution < -0.4 is 9.62 Å². The fourth-order valence-electron chi connectivity index (χ4n) is 6.03. The van der Waals surface area contributed by atoms with E-state index in [9.17, 15) is 21.6 Å². The fourth-order valence-corrected chi connectivity index (χ4v) is 7.10. The molecule has 3 aromatic rings. The molecule has 1 atom stereocenters. The lowest BCUT2D eigenvalue weighted by Crippen LogP contribution is -2.67. The molecule has 2 saturated heterocycles. The van der Waals surface area contributed by atoms with Gasteiger partial charge in [0.05, 0.1) is 5.56 Å². The lowest BCUT2D eigenvalue weighted by atomic mass is 9.80. The number of likely N-dealkylation sites (tertiary alicyclic amines) is 1. The maximum absolute atomic E-state index is 15.3. The van der Waals surface area contributed by atoms with E-state index in [1.54, 1.807) is 12.1 Å². The minimum Gasteiger partial charge on any atom is -0.370 e. The molecule has 1 N–H and O–H groups in total. The summed E-state index contributed by atoms with van der Waals surface area (Å²) in [7, 11) is -0.102. The van der Waals surface area contributed by atoms with Crippen LogP contribution in [0.2, 0.25) is 0 Å². The lowest BCUT2D eigenvalue weighted by molar-refractivity contribution is -0.137. The summed E-state index contributed by atoms with van der Waals surface area (Å²) in [6.07, 6.45) is 0.883. The zero-order valence-electron chi connectivity index (χ0n) is 23.5. The first-order valence-electron chi connectivity index (χ1n) is 13.8. The SMILES string of the molecule is CN1CC(N(C)[C@]2(CCc3cccc(C(F)(F)F)c3)CCCN(c3ccc(S(=O)(=O)Nc4ccncn4)c(F)c3)C2)C1. The number of aromatic nitrogens is 2. The molecule has 0 bridgehead atoms. The number of hydrogen-bond donors (Lipinski definition) is 1. The highest BCUT2D eigenvalue weighted by Gasteiger charge is 2.44. The molecule has 13 heteroatoms. The van der Waals surface area contributed by atoms with Gasteiger partial charge in [-0.3, -0.25) is 9.62 Å². The summed E-state index contributed by atoms with van der Waals surface area (Å²) >= 11 is 0. The third-order valence-electron chi connectivity index (χ3n) is 8.42. The van der Waals surface area contributed by atoms with Crippen LogP contribution in [0.4, 0.5) is 29.1 Å². The first-order valence-corrected chi connectivity index (χ1v) is 15.3. The molecule has 42 heavy (non-hydrogen) atoms. The smallest absolute Gasteiger partial charge is 0.370 e. The van der Waals surface area contributed by atoms with Crippen molar-refractivity contribution in [3.05, 3.63) is 78.0 Å². The second-order valence-corrected chi connectivity index (χ2v) is 12.9. The molecule has 2 fully saturated rings. The van der Waals surface area contributed by atoms with Gasteiger partial charge in [0.15, 0.2) is 0 Å². The van der Waals surface area contributed by atoms with Crippen molar-refractivity contribution in [1.29, 1.82) is 0 Å². The van der Waals surface area contributed by atoms with Crippen molar-refractivity contribution < 1.29 is 26.0 Å². The summed E-state index contributed by atoms with van der Waals surface area (Å²) in [5.74, 6) is -0.858. The van der Waals surface area contributed by atoms with E-state index in [-0.39, 0.29) is 11.4 Å². The van der Waals surface area contributed by atoms with Crippen LogP contribution in [0.25, 0.3) is 0 Å². The van der Waals surface area contributed by atoms with Gasteiger partial charge in [0.2, 0.25) is 0 Å². The van der Waals surface area contributed by atoms with Crippen LogP contribution in [-0.4, -0.2) is 80.0 Å². The molecule has 3 heterocycles. The molecule has 0 amide bonds. The molecule has 226 valence electrons. The maximum atomic E-state index is 15.3. The Morgan fingerprint density at radius 1 is 1.14 bits per heavy atom. The summed E-state index contributed by atoms with van der Waals surface area (Å²) < 4.78 is 83.3. The fraction of sp³-hybridized carbons (Fsp3) is 0.448. The minimum absolute atomic E-state index is 0.0275. The molecule has 5 rings (SSSR count). The summed E-state index contributed by atoms with van der Waals surface area (Å²) in [4.78, 5) is 13.7. The monoisotopic (exact) mass is 606 g/mol. The van der Waals surface area contributed by atoms with E-state index in [0.29, 0.717) is 43.2 Å². The van der Waals surface area contributed by atoms with Gasteiger partial charge in [-0.25, -0.2) is 22.8 Å². The van der Waals surface area contributed by atoms with Crippen molar-refractivity contribution in [2.24, 2.45) is 0 Å². The summed E-state index contributed by atoms with van der Waals surface area (Å²) in [5, 5.41) is 0. The molecular formula is C29H34F4N6O2S. The van der Waals surface area contributed by atoms with Crippen LogP contribution in [-0.2, 0) is 22.6 Å². The predicted molar refractivity (Wildman–Crippen MR) is 152 cm³/mol. The molecule has 0 saturated carbocycles. The van der Waals surface area contributed by atoms with Crippen molar-refractivity contribution in [3.63, 3.8) is 0 Å². The predicted octanol–water partition coefficient (Wildman–Crippen LogP) is 4.65. The Morgan fingerprint density at radius 2 is 1.93 bits per heavy atom. The van der Waals surface area contributed by atoms with Gasteiger partial charge in [0.1, 0.15) is 22.9 Å². The number of alkyl halides is 3. The third kappa shape index (κ3) is 6.52. The molecule has 0 unspecified atom stereocenters. The molecule has 2 aliphatic rings. The Hall–Kier alpha value is -3.29. The van der Waals surface area contributed by atoms with E-state index in [2.05, 4.69) is 31.5 Å². The van der Waals surface area contributed by atoms with E-state index >= 15 is 4.39 Å². The quantitative estimate of drug-likeness (QED) is 0.355. The number of hydrogen-bond acceptors (Lipinski definition) is 7. The van der Waals surface area contributed by atoms with Crippen molar-refractivity contribution in [2.45, 2.75) is 48.3 Å². The van der Waals surface area contributed by atoms with Crippen LogP contribution in [0.3, 0.4) is 0 Å². The maximum Gasteiger partial charge on any atom is 0.416 e. The highest BCUT2D eigenvalue weighted by Crippen LogP contribution is 2.38. The number of benzene rings is 2. The van der Waals surface area contributed by atoms with Crippen LogP contribution in [0, 0.1) is 5.82 Å². The number of nitrogens with zero attached hydrogens (tertiary/aromatic N) is 5. The van der Waals surface area contributed by atoms with Crippen molar-refractivity contribution >= 4 is 21.5 Å². The topological polar surface area (TPSA) is 81.7 Å². The normalized spacial score (nSPS) is 20.5. The van der Waals surface area contributed by atoms with E-state index in [0.717, 1.165) is 32.0 Å². The largest absolute Gasteiger partial charge is 0.416 e. The number of rotatable bonds is 9. The Balaban J connectivity index is 1.38. The summed E-state index contributed by atoms with van der Waals surface area (Å²) in [6, 6.07) is 11.2. The van der Waals surface area contributed by atoms with E-state index in [1.165, 1.54) is 42.9 Å². The Kier molecular flexibility index (Phi) is 8.46. The van der Waals surface area contributed by atoms with Gasteiger partial charge in [0.25, 0.3) is 10.0 Å². The van der Waals surface area contributed by atoms with Gasteiger partial charge in [-0.2, -0.15) is 13.2 Å². The first-order chi connectivity index (χ1) is 19.9. The van der Waals surface area contributed by atoms with E-state index < -0.39 is 32.5 Å². The number of sulfonamides is 1. The van der Waals surface area contributed by atoms with Gasteiger partial charge >= 0.3 is 6.18 Å². The molecule has 0 aliphatic carbocycles. The Labute approximate surface area is 243 Å². The van der Waals surface area contributed by atoms with Gasteiger partial charge in [-0.05, 0) is 75.7 Å². The minimum atomic E-state index is -4.41. The number of piperidine rings is 1. The Bertz CT molecular complexity index is 1500. The molecular weight excluding hydrogens is 572 g/mol. The highest BCUT2D eigenvalue weighted by molar-refractivity contribution is 7.92. The first kappa shape index (κ1) is 30.2. The average Bonchev–Trinajstić information content (AvgIpc) is 2.94. The molecule has 2 aliphatic heterocycles. The van der Waals surface area contributed by atoms with Crippen LogP contribution in [0.1, 0.15) is 30.4 Å². The average molecular weight is 607 g/mol. The molecule has 8 nitrogen and oxygen atoms in total. The second kappa shape index (κ2) is 11.8. The number of likely N-dealkylation sites (N-methyl/N-ethyl adjacent to an activating group) is 2. The lowest BCUT2D eigenvalue weighted by Gasteiger charge is -2.55. The second-order valence-electron chi connectivity index (χ2n) is 11.2. The van der Waals surface area contributed by atoms with Gasteiger partial charge in [0, 0.05) is 49.6 Å². The number of nitrogens with one attached hydrogen (secondary N) is 1. The molecule has 0 radical (unpaired) electrons. The standard InChI is InChI=1S/C29H34F4N6O2S/c1-37-17-24(18-37)38(2)28(12-9-21-5-3-6-22(15-21)29(31,32)33)11-4-14-39(19-28)23-7-8-26(25(30)16-23)42(40,41)36-27-10-13-34-20-35-27/h3,5-8,10,13,15-16,20,24H,4,9,11-12,14,17-19H2,1-2H3,(H,34,35,36)/t28-/m0/s1. The van der Waals surface area contributed by atoms with E-state index in [4.69, 9.17) is 0 Å². The van der Waals surface area contributed by atoms with Gasteiger partial charge in [-0.1, -0.05) is 18.2 Å². The van der Waals surface area contributed by atoms with Crippen LogP contribution in [0.5, 0.6) is 0 Å². The Morgan fingerprint density at radius 3 is 2.60 bits per heavy atom. The summed E-state index contributed by atoms with van der Waals surface area (Å²) in [5.41, 5.74) is 0.148. The van der Waals surface area contributed by atoms with Crippen molar-refractivity contribution in [2.75, 3.05) is 49.9 Å². The van der Waals surface area contributed by atoms with Crippen LogP contribution in [0.15, 0.2) is 66.0 Å². The van der Waals surface area contributed by atoms with E-state index in [1.807, 2.05) is 11.9 Å². The number of anilines is 2. The third-order valence-corrected chi connectivity index (χ3v) is 9.81. The van der Waals surface area contributed by atoms with Crippen molar-refractivity contribution in [3.8, 4) is 0 Å². The molecule has 1 aromatic heterocycles. The number of aryl methyl sites for hydroxylation is 1. The highest BCUT2D eigenvalue weighted by atomic mass is 32.2. The summed E-state index contributed by atoms with van der Waals surface area (Å²) in [6.45, 7) is 2.96. The van der Waals surface area contributed by atoms with Gasteiger partial charge < -0.3 is 9.80 Å². The van der Waals surface area contributed by atoms with Gasteiger partial charge in [-0.15, -0.1) is 0 Å². The molecule has 0 spiro atoms. The van der Waals surface area contributed by atoms with Crippen molar-refractivity contribution in [1.82, 2.24) is 19.8 Å². The number of halogens is 4.